The van der Waals surface area contributed by atoms with E-state index >= 15 is 0 Å². The lowest BCUT2D eigenvalue weighted by Crippen LogP contribution is -2.62. The number of hydrogen-bond acceptors (Lipinski definition) is 3. The summed E-state index contributed by atoms with van der Waals surface area (Å²) in [6, 6.07) is 2.09. The van der Waals surface area contributed by atoms with E-state index in [0.717, 1.165) is 24.3 Å². The van der Waals surface area contributed by atoms with Crippen molar-refractivity contribution in [2.75, 3.05) is 7.05 Å². The summed E-state index contributed by atoms with van der Waals surface area (Å²) >= 11 is 1.79. The molecule has 1 unspecified atom stereocenters. The zero-order valence-corrected chi connectivity index (χ0v) is 16.0. The van der Waals surface area contributed by atoms with E-state index in [4.69, 9.17) is 0 Å². The number of aryl methyl sites for hydroxylation is 1. The molecule has 0 aliphatic heterocycles. The van der Waals surface area contributed by atoms with E-state index in [1.54, 1.807) is 11.3 Å². The zero-order chi connectivity index (χ0) is 16.9. The lowest BCUT2D eigenvalue weighted by atomic mass is 9.53. The topological polar surface area (TPSA) is 32.3 Å². The summed E-state index contributed by atoms with van der Waals surface area (Å²) in [4.78, 5) is 16.5. The Morgan fingerprint density at radius 2 is 1.88 bits per heavy atom. The second-order valence-electron chi connectivity index (χ2n) is 8.81. The van der Waals surface area contributed by atoms with E-state index in [2.05, 4.69) is 42.6 Å². The number of nitrogens with zero attached hydrogens (tertiary/aromatic N) is 1. The molecule has 4 heteroatoms. The lowest BCUT2D eigenvalue weighted by molar-refractivity contribution is -0.131. The van der Waals surface area contributed by atoms with Crippen molar-refractivity contribution in [2.24, 2.45) is 17.8 Å². The van der Waals surface area contributed by atoms with E-state index in [1.165, 1.54) is 49.0 Å². The van der Waals surface area contributed by atoms with E-state index in [-0.39, 0.29) is 17.5 Å². The third kappa shape index (κ3) is 3.03. The van der Waals surface area contributed by atoms with Crippen molar-refractivity contribution in [1.82, 2.24) is 10.2 Å². The molecule has 0 radical (unpaired) electrons. The van der Waals surface area contributed by atoms with Crippen molar-refractivity contribution in [3.8, 4) is 0 Å². The highest BCUT2D eigenvalue weighted by Crippen LogP contribution is 2.55. The fraction of sp³-hybridized carbons (Fsp3) is 0.750. The fourth-order valence-electron chi connectivity index (χ4n) is 5.76. The van der Waals surface area contributed by atoms with E-state index in [1.807, 2.05) is 0 Å². The molecular weight excluding hydrogens is 316 g/mol. The molecule has 132 valence electrons. The Balaban J connectivity index is 1.39. The standard InChI is InChI=1S/C20H30N2OS/c1-13-4-5-24-18(13)12-22(3)14(2)19(23)21-20-9-15-6-16(10-20)8-17(7-15)11-20/h4-5,14-17H,6-12H2,1-3H3,(H,21,23). The first-order chi connectivity index (χ1) is 11.4. The molecule has 1 heterocycles. The number of likely N-dealkylation sites (N-methyl/N-ethyl adjacent to an activating group) is 1. The molecule has 4 bridgehead atoms. The molecule has 4 aliphatic carbocycles. The minimum atomic E-state index is -0.0699. The Kier molecular flexibility index (Phi) is 4.24. The largest absolute Gasteiger partial charge is 0.349 e. The van der Waals surface area contributed by atoms with Gasteiger partial charge in [0.25, 0.3) is 0 Å². The molecule has 4 fully saturated rings. The van der Waals surface area contributed by atoms with Gasteiger partial charge in [-0.15, -0.1) is 11.3 Å². The van der Waals surface area contributed by atoms with Crippen molar-refractivity contribution in [3.05, 3.63) is 21.9 Å². The summed E-state index contributed by atoms with van der Waals surface area (Å²) in [5.41, 5.74) is 1.46. The maximum atomic E-state index is 12.9. The van der Waals surface area contributed by atoms with Gasteiger partial charge in [-0.2, -0.15) is 0 Å². The SMILES string of the molecule is Cc1ccsc1CN(C)C(C)C(=O)NC12CC3CC(CC(C3)C1)C2. The molecule has 1 aromatic heterocycles. The third-order valence-electron chi connectivity index (χ3n) is 6.83. The van der Waals surface area contributed by atoms with Crippen LogP contribution in [0.15, 0.2) is 11.4 Å². The summed E-state index contributed by atoms with van der Waals surface area (Å²) in [5, 5.41) is 5.66. The molecule has 0 spiro atoms. The highest BCUT2D eigenvalue weighted by molar-refractivity contribution is 7.10. The molecule has 1 amide bonds. The van der Waals surface area contributed by atoms with Crippen LogP contribution in [-0.2, 0) is 11.3 Å². The van der Waals surface area contributed by atoms with E-state index in [9.17, 15) is 4.79 Å². The molecule has 5 rings (SSSR count). The number of carbonyl (C=O) groups is 1. The van der Waals surface area contributed by atoms with Gasteiger partial charge in [-0.3, -0.25) is 9.69 Å². The zero-order valence-electron chi connectivity index (χ0n) is 15.2. The quantitative estimate of drug-likeness (QED) is 0.875. The van der Waals surface area contributed by atoms with Gasteiger partial charge in [0.15, 0.2) is 0 Å². The van der Waals surface area contributed by atoms with Crippen LogP contribution in [0, 0.1) is 24.7 Å². The first-order valence-electron chi connectivity index (χ1n) is 9.49. The van der Waals surface area contributed by atoms with Crippen LogP contribution in [0.25, 0.3) is 0 Å². The predicted molar refractivity (Wildman–Crippen MR) is 99.0 cm³/mol. The number of amides is 1. The molecule has 0 saturated heterocycles. The molecule has 1 N–H and O–H groups in total. The van der Waals surface area contributed by atoms with Crippen LogP contribution in [0.1, 0.15) is 55.9 Å². The third-order valence-corrected chi connectivity index (χ3v) is 7.84. The molecule has 1 aromatic rings. The Morgan fingerprint density at radius 1 is 1.29 bits per heavy atom. The Morgan fingerprint density at radius 3 is 2.38 bits per heavy atom. The average molecular weight is 347 g/mol. The smallest absolute Gasteiger partial charge is 0.237 e. The van der Waals surface area contributed by atoms with Gasteiger partial charge in [0.1, 0.15) is 0 Å². The monoisotopic (exact) mass is 346 g/mol. The van der Waals surface area contributed by atoms with Gasteiger partial charge < -0.3 is 5.32 Å². The summed E-state index contributed by atoms with van der Waals surface area (Å²) in [7, 11) is 2.07. The maximum Gasteiger partial charge on any atom is 0.237 e. The number of nitrogens with one attached hydrogen (secondary N) is 1. The van der Waals surface area contributed by atoms with Crippen molar-refractivity contribution >= 4 is 17.2 Å². The van der Waals surface area contributed by atoms with Crippen LogP contribution in [-0.4, -0.2) is 29.4 Å². The van der Waals surface area contributed by atoms with Crippen LogP contribution in [0.3, 0.4) is 0 Å². The average Bonchev–Trinajstić information content (AvgIpc) is 2.89. The highest BCUT2D eigenvalue weighted by atomic mass is 32.1. The first kappa shape index (κ1) is 16.6. The van der Waals surface area contributed by atoms with Crippen LogP contribution in [0.2, 0.25) is 0 Å². The molecule has 4 saturated carbocycles. The van der Waals surface area contributed by atoms with Gasteiger partial charge in [-0.1, -0.05) is 0 Å². The van der Waals surface area contributed by atoms with Crippen LogP contribution < -0.4 is 5.32 Å². The van der Waals surface area contributed by atoms with Gasteiger partial charge in [0.2, 0.25) is 5.91 Å². The summed E-state index contributed by atoms with van der Waals surface area (Å²) in [5.74, 6) is 2.85. The predicted octanol–water partition coefficient (Wildman–Crippen LogP) is 3.96. The summed E-state index contributed by atoms with van der Waals surface area (Å²) in [6.07, 6.45) is 7.94. The van der Waals surface area contributed by atoms with Crippen molar-refractivity contribution in [3.63, 3.8) is 0 Å². The fourth-order valence-corrected chi connectivity index (χ4v) is 6.73. The van der Waals surface area contributed by atoms with E-state index < -0.39 is 0 Å². The van der Waals surface area contributed by atoms with Crippen molar-refractivity contribution in [2.45, 2.75) is 70.5 Å². The Labute approximate surface area is 149 Å². The van der Waals surface area contributed by atoms with Crippen LogP contribution in [0.5, 0.6) is 0 Å². The highest BCUT2D eigenvalue weighted by Gasteiger charge is 2.51. The molecule has 0 aromatic carbocycles. The van der Waals surface area contributed by atoms with Crippen LogP contribution >= 0.6 is 11.3 Å². The second-order valence-corrected chi connectivity index (χ2v) is 9.81. The first-order valence-corrected chi connectivity index (χ1v) is 10.4. The Bertz CT molecular complexity index is 588. The summed E-state index contributed by atoms with van der Waals surface area (Å²) in [6.45, 7) is 5.07. The maximum absolute atomic E-state index is 12.9. The van der Waals surface area contributed by atoms with Gasteiger partial charge in [-0.25, -0.2) is 0 Å². The second kappa shape index (κ2) is 6.14. The van der Waals surface area contributed by atoms with Gasteiger partial charge in [0.05, 0.1) is 6.04 Å². The number of carbonyl (C=O) groups excluding carboxylic acids is 1. The number of hydrogen-bond donors (Lipinski definition) is 1. The lowest BCUT2D eigenvalue weighted by Gasteiger charge is -2.57. The van der Waals surface area contributed by atoms with Gasteiger partial charge in [0, 0.05) is 17.0 Å². The number of thiophene rings is 1. The van der Waals surface area contributed by atoms with Crippen molar-refractivity contribution in [1.29, 1.82) is 0 Å². The molecule has 3 nitrogen and oxygen atoms in total. The molecule has 4 aliphatic rings. The molecule has 24 heavy (non-hydrogen) atoms. The number of rotatable bonds is 5. The Hall–Kier alpha value is -0.870. The van der Waals surface area contributed by atoms with E-state index in [0.29, 0.717) is 0 Å². The normalized spacial score (nSPS) is 35.4. The minimum Gasteiger partial charge on any atom is -0.349 e. The summed E-state index contributed by atoms with van der Waals surface area (Å²) < 4.78 is 0. The minimum absolute atomic E-state index is 0.0699. The van der Waals surface area contributed by atoms with Crippen LogP contribution in [0.4, 0.5) is 0 Å². The van der Waals surface area contributed by atoms with Gasteiger partial charge >= 0.3 is 0 Å². The van der Waals surface area contributed by atoms with Gasteiger partial charge in [-0.05, 0) is 94.2 Å². The van der Waals surface area contributed by atoms with Crippen molar-refractivity contribution < 1.29 is 4.79 Å². The molecule has 1 atom stereocenters. The molecular formula is C20H30N2OS.